The molecule has 2 aliphatic rings. The number of aliphatic hydroxyl groups excluding tert-OH is 1. The molecule has 4 heteroatoms. The molecule has 0 aromatic carbocycles. The highest BCUT2D eigenvalue weighted by atomic mass is 16.3. The Morgan fingerprint density at radius 1 is 1.22 bits per heavy atom. The zero-order valence-corrected chi connectivity index (χ0v) is 11.4. The maximum Gasteiger partial charge on any atom is 0.240 e. The molecule has 2 rings (SSSR count). The van der Waals surface area contributed by atoms with Gasteiger partial charge in [0.1, 0.15) is 0 Å². The smallest absolute Gasteiger partial charge is 0.240 e. The lowest BCUT2D eigenvalue weighted by Gasteiger charge is -2.35. The molecule has 1 aliphatic heterocycles. The molecule has 1 saturated heterocycles. The van der Waals surface area contributed by atoms with Crippen molar-refractivity contribution in [3.05, 3.63) is 0 Å². The average molecular weight is 254 g/mol. The molecule has 4 nitrogen and oxygen atoms in total. The van der Waals surface area contributed by atoms with Crippen molar-refractivity contribution in [3.63, 3.8) is 0 Å². The first-order chi connectivity index (χ1) is 8.60. The van der Waals surface area contributed by atoms with Crippen molar-refractivity contribution in [1.82, 2.24) is 10.6 Å². The SMILES string of the molecule is CC1(C(=O)NCC2(CO)CCCC2)CCCCN1. The van der Waals surface area contributed by atoms with Crippen LogP contribution in [-0.4, -0.2) is 36.2 Å². The van der Waals surface area contributed by atoms with Crippen LogP contribution < -0.4 is 10.6 Å². The summed E-state index contributed by atoms with van der Waals surface area (Å²) in [6.45, 7) is 3.73. The molecule has 1 heterocycles. The molecule has 1 amide bonds. The van der Waals surface area contributed by atoms with Crippen LogP contribution in [0.4, 0.5) is 0 Å². The number of nitrogens with one attached hydrogen (secondary N) is 2. The lowest BCUT2D eigenvalue weighted by Crippen LogP contribution is -2.58. The highest BCUT2D eigenvalue weighted by molar-refractivity contribution is 5.86. The third kappa shape index (κ3) is 2.86. The van der Waals surface area contributed by atoms with Crippen LogP contribution in [0.25, 0.3) is 0 Å². The molecule has 1 atom stereocenters. The van der Waals surface area contributed by atoms with Crippen molar-refractivity contribution in [2.45, 2.75) is 57.4 Å². The largest absolute Gasteiger partial charge is 0.396 e. The third-order valence-corrected chi connectivity index (χ3v) is 4.74. The summed E-state index contributed by atoms with van der Waals surface area (Å²) in [6, 6.07) is 0. The Balaban J connectivity index is 1.87. The van der Waals surface area contributed by atoms with E-state index in [0.717, 1.165) is 38.6 Å². The lowest BCUT2D eigenvalue weighted by molar-refractivity contribution is -0.128. The van der Waals surface area contributed by atoms with E-state index in [9.17, 15) is 9.90 Å². The Hall–Kier alpha value is -0.610. The lowest BCUT2D eigenvalue weighted by atomic mass is 9.86. The zero-order chi connectivity index (χ0) is 13.1. The number of hydrogen-bond acceptors (Lipinski definition) is 3. The molecule has 0 aromatic rings. The van der Waals surface area contributed by atoms with Crippen molar-refractivity contribution in [2.75, 3.05) is 19.7 Å². The highest BCUT2D eigenvalue weighted by Gasteiger charge is 2.37. The van der Waals surface area contributed by atoms with Crippen LogP contribution in [0.5, 0.6) is 0 Å². The molecular weight excluding hydrogens is 228 g/mol. The molecule has 1 aliphatic carbocycles. The second-order valence-electron chi connectivity index (χ2n) is 6.26. The average Bonchev–Trinajstić information content (AvgIpc) is 2.86. The number of carbonyl (C=O) groups is 1. The first kappa shape index (κ1) is 13.8. The minimum atomic E-state index is -0.409. The van der Waals surface area contributed by atoms with Gasteiger partial charge in [0, 0.05) is 12.0 Å². The molecule has 0 spiro atoms. The Morgan fingerprint density at radius 3 is 2.44 bits per heavy atom. The molecule has 104 valence electrons. The number of carbonyl (C=O) groups excluding carboxylic acids is 1. The van der Waals surface area contributed by atoms with E-state index in [1.165, 1.54) is 12.8 Å². The normalized spacial score (nSPS) is 31.2. The van der Waals surface area contributed by atoms with Crippen molar-refractivity contribution in [2.24, 2.45) is 5.41 Å². The second kappa shape index (κ2) is 5.57. The molecule has 3 N–H and O–H groups in total. The summed E-state index contributed by atoms with van der Waals surface area (Å²) in [7, 11) is 0. The van der Waals surface area contributed by atoms with Crippen LogP contribution >= 0.6 is 0 Å². The van der Waals surface area contributed by atoms with Gasteiger partial charge in [-0.2, -0.15) is 0 Å². The minimum absolute atomic E-state index is 0.0549. The second-order valence-corrected chi connectivity index (χ2v) is 6.26. The van der Waals surface area contributed by atoms with E-state index in [0.29, 0.717) is 6.54 Å². The number of aliphatic hydroxyl groups is 1. The summed E-state index contributed by atoms with van der Waals surface area (Å²) >= 11 is 0. The minimum Gasteiger partial charge on any atom is -0.396 e. The number of piperidine rings is 1. The van der Waals surface area contributed by atoms with Gasteiger partial charge < -0.3 is 15.7 Å². The van der Waals surface area contributed by atoms with Crippen LogP contribution in [0.3, 0.4) is 0 Å². The monoisotopic (exact) mass is 254 g/mol. The first-order valence-electron chi connectivity index (χ1n) is 7.25. The fraction of sp³-hybridized carbons (Fsp3) is 0.929. The predicted molar refractivity (Wildman–Crippen MR) is 71.3 cm³/mol. The van der Waals surface area contributed by atoms with Gasteiger partial charge >= 0.3 is 0 Å². The Bertz CT molecular complexity index is 292. The summed E-state index contributed by atoms with van der Waals surface area (Å²) in [5.41, 5.74) is -0.464. The van der Waals surface area contributed by atoms with Gasteiger partial charge in [-0.25, -0.2) is 0 Å². The number of rotatable bonds is 4. The van der Waals surface area contributed by atoms with Crippen LogP contribution in [0.2, 0.25) is 0 Å². The van der Waals surface area contributed by atoms with E-state index in [-0.39, 0.29) is 17.9 Å². The Morgan fingerprint density at radius 2 is 1.89 bits per heavy atom. The molecule has 0 aromatic heterocycles. The number of amides is 1. The van der Waals surface area contributed by atoms with E-state index < -0.39 is 5.54 Å². The molecule has 2 fully saturated rings. The summed E-state index contributed by atoms with van der Waals surface area (Å²) in [5.74, 6) is 0.0990. The van der Waals surface area contributed by atoms with Crippen molar-refractivity contribution in [3.8, 4) is 0 Å². The first-order valence-corrected chi connectivity index (χ1v) is 7.25. The Kier molecular flexibility index (Phi) is 4.28. The molecule has 18 heavy (non-hydrogen) atoms. The Labute approximate surface area is 110 Å². The quantitative estimate of drug-likeness (QED) is 0.706. The van der Waals surface area contributed by atoms with E-state index >= 15 is 0 Å². The fourth-order valence-corrected chi connectivity index (χ4v) is 3.23. The maximum atomic E-state index is 12.3. The summed E-state index contributed by atoms with van der Waals surface area (Å²) < 4.78 is 0. The van der Waals surface area contributed by atoms with Gasteiger partial charge in [0.25, 0.3) is 0 Å². The zero-order valence-electron chi connectivity index (χ0n) is 11.4. The summed E-state index contributed by atoms with van der Waals surface area (Å²) in [4.78, 5) is 12.3. The van der Waals surface area contributed by atoms with Gasteiger partial charge in [0.05, 0.1) is 12.1 Å². The standard InChI is InChI=1S/C14H26N2O2/c1-13(6-4-5-9-16-13)12(18)15-10-14(11-17)7-2-3-8-14/h16-17H,2-11H2,1H3,(H,15,18). The van der Waals surface area contributed by atoms with Crippen LogP contribution in [0.15, 0.2) is 0 Å². The van der Waals surface area contributed by atoms with Crippen LogP contribution in [0, 0.1) is 5.41 Å². The van der Waals surface area contributed by atoms with Crippen molar-refractivity contribution in [1.29, 1.82) is 0 Å². The van der Waals surface area contributed by atoms with Gasteiger partial charge in [-0.15, -0.1) is 0 Å². The van der Waals surface area contributed by atoms with Crippen molar-refractivity contribution >= 4 is 5.91 Å². The van der Waals surface area contributed by atoms with E-state index in [4.69, 9.17) is 0 Å². The molecular formula is C14H26N2O2. The fourth-order valence-electron chi connectivity index (χ4n) is 3.23. The van der Waals surface area contributed by atoms with Gasteiger partial charge in [0.2, 0.25) is 5.91 Å². The molecule has 0 radical (unpaired) electrons. The van der Waals surface area contributed by atoms with Gasteiger partial charge in [-0.05, 0) is 45.6 Å². The molecule has 1 saturated carbocycles. The van der Waals surface area contributed by atoms with E-state index in [1.807, 2.05) is 6.92 Å². The molecule has 0 bridgehead atoms. The van der Waals surface area contributed by atoms with Crippen LogP contribution in [0.1, 0.15) is 51.9 Å². The van der Waals surface area contributed by atoms with Gasteiger partial charge in [0.15, 0.2) is 0 Å². The van der Waals surface area contributed by atoms with E-state index in [1.54, 1.807) is 0 Å². The third-order valence-electron chi connectivity index (χ3n) is 4.74. The maximum absolute atomic E-state index is 12.3. The van der Waals surface area contributed by atoms with Crippen molar-refractivity contribution < 1.29 is 9.90 Å². The van der Waals surface area contributed by atoms with Gasteiger partial charge in [-0.1, -0.05) is 12.8 Å². The topological polar surface area (TPSA) is 61.4 Å². The summed E-state index contributed by atoms with van der Waals surface area (Å²) in [5, 5.41) is 15.9. The van der Waals surface area contributed by atoms with Gasteiger partial charge in [-0.3, -0.25) is 4.79 Å². The molecule has 1 unspecified atom stereocenters. The number of hydrogen-bond donors (Lipinski definition) is 3. The van der Waals surface area contributed by atoms with Crippen LogP contribution in [-0.2, 0) is 4.79 Å². The highest BCUT2D eigenvalue weighted by Crippen LogP contribution is 2.37. The predicted octanol–water partition coefficient (Wildman–Crippen LogP) is 1.19. The van der Waals surface area contributed by atoms with E-state index in [2.05, 4.69) is 10.6 Å². The summed E-state index contributed by atoms with van der Waals surface area (Å²) in [6.07, 6.45) is 7.59.